The van der Waals surface area contributed by atoms with Crippen molar-refractivity contribution in [2.45, 2.75) is 32.4 Å². The van der Waals surface area contributed by atoms with Gasteiger partial charge in [0.05, 0.1) is 12.7 Å². The van der Waals surface area contributed by atoms with Gasteiger partial charge in [0.15, 0.2) is 0 Å². The van der Waals surface area contributed by atoms with Gasteiger partial charge < -0.3 is 14.7 Å². The maximum Gasteiger partial charge on any atom is 0.219 e. The first kappa shape index (κ1) is 17.7. The lowest BCUT2D eigenvalue weighted by Gasteiger charge is -2.30. The molecule has 0 saturated carbocycles. The summed E-state index contributed by atoms with van der Waals surface area (Å²) in [5, 5.41) is 9.91. The van der Waals surface area contributed by atoms with Crippen molar-refractivity contribution in [1.82, 2.24) is 14.7 Å². The molecule has 0 aliphatic carbocycles. The number of hydrogen-bond acceptors (Lipinski definition) is 5. The molecule has 2 aliphatic rings. The summed E-state index contributed by atoms with van der Waals surface area (Å²) in [6.07, 6.45) is 0.642. The van der Waals surface area contributed by atoms with E-state index in [2.05, 4.69) is 16.7 Å². The Hall–Kier alpha value is -0.690. The predicted octanol–water partition coefficient (Wildman–Crippen LogP) is -0.132. The normalized spacial score (nSPS) is 29.5. The Bertz CT molecular complexity index is 367. The molecule has 2 rings (SSSR count). The van der Waals surface area contributed by atoms with Gasteiger partial charge >= 0.3 is 0 Å². The SMILES string of the molecule is COCC(O)CN1CC(C)C(N2CCCN(C(C)=O)CC2)C1. The molecule has 0 bridgehead atoms. The third kappa shape index (κ3) is 4.65. The molecule has 22 heavy (non-hydrogen) atoms. The Labute approximate surface area is 134 Å². The van der Waals surface area contributed by atoms with Crippen molar-refractivity contribution >= 4 is 5.91 Å². The van der Waals surface area contributed by atoms with Gasteiger partial charge in [-0.05, 0) is 12.3 Å². The highest BCUT2D eigenvalue weighted by atomic mass is 16.5. The van der Waals surface area contributed by atoms with Crippen LogP contribution in [0.1, 0.15) is 20.3 Å². The number of aliphatic hydroxyl groups is 1. The van der Waals surface area contributed by atoms with Crippen molar-refractivity contribution in [3.63, 3.8) is 0 Å². The molecule has 6 nitrogen and oxygen atoms in total. The van der Waals surface area contributed by atoms with E-state index in [0.29, 0.717) is 25.1 Å². The fourth-order valence-electron chi connectivity index (χ4n) is 3.80. The molecule has 6 heteroatoms. The minimum atomic E-state index is -0.409. The van der Waals surface area contributed by atoms with Crippen molar-refractivity contribution in [3.05, 3.63) is 0 Å². The van der Waals surface area contributed by atoms with Crippen LogP contribution in [0.2, 0.25) is 0 Å². The predicted molar refractivity (Wildman–Crippen MR) is 85.7 cm³/mol. The summed E-state index contributed by atoms with van der Waals surface area (Å²) in [5.74, 6) is 0.782. The van der Waals surface area contributed by atoms with E-state index in [4.69, 9.17) is 4.74 Å². The van der Waals surface area contributed by atoms with Crippen LogP contribution in [0.4, 0.5) is 0 Å². The highest BCUT2D eigenvalue weighted by Gasteiger charge is 2.35. The van der Waals surface area contributed by atoms with Crippen LogP contribution in [0.3, 0.4) is 0 Å². The molecule has 0 spiro atoms. The van der Waals surface area contributed by atoms with Gasteiger partial charge in [0.2, 0.25) is 5.91 Å². The standard InChI is InChI=1S/C16H31N3O3/c1-13-9-17(10-15(21)12-22-3)11-16(13)19-6-4-5-18(7-8-19)14(2)20/h13,15-16,21H,4-12H2,1-3H3. The number of nitrogens with zero attached hydrogens (tertiary/aromatic N) is 3. The van der Waals surface area contributed by atoms with Gasteiger partial charge in [0, 0.05) is 65.9 Å². The monoisotopic (exact) mass is 313 g/mol. The molecule has 0 radical (unpaired) electrons. The van der Waals surface area contributed by atoms with Gasteiger partial charge in [-0.3, -0.25) is 14.6 Å². The number of β-amino-alcohol motifs (C(OH)–C–C–N with tert-alkyl or cyclic N) is 1. The summed E-state index contributed by atoms with van der Waals surface area (Å²) in [5.41, 5.74) is 0. The molecule has 1 amide bonds. The minimum absolute atomic E-state index is 0.186. The van der Waals surface area contributed by atoms with Crippen LogP contribution in [-0.2, 0) is 9.53 Å². The van der Waals surface area contributed by atoms with E-state index in [1.807, 2.05) is 4.90 Å². The molecular weight excluding hydrogens is 282 g/mol. The van der Waals surface area contributed by atoms with E-state index in [-0.39, 0.29) is 5.91 Å². The highest BCUT2D eigenvalue weighted by Crippen LogP contribution is 2.23. The summed E-state index contributed by atoms with van der Waals surface area (Å²) in [6, 6.07) is 0.529. The van der Waals surface area contributed by atoms with E-state index in [9.17, 15) is 9.90 Å². The first-order valence-electron chi connectivity index (χ1n) is 8.40. The highest BCUT2D eigenvalue weighted by molar-refractivity contribution is 5.73. The summed E-state index contributed by atoms with van der Waals surface area (Å²) in [6.45, 7) is 10.8. The second-order valence-corrected chi connectivity index (χ2v) is 6.77. The molecular formula is C16H31N3O3. The molecule has 128 valence electrons. The maximum atomic E-state index is 11.5. The molecule has 3 atom stereocenters. The number of methoxy groups -OCH3 is 1. The second-order valence-electron chi connectivity index (χ2n) is 6.77. The van der Waals surface area contributed by atoms with Crippen LogP contribution in [0.15, 0.2) is 0 Å². The maximum absolute atomic E-state index is 11.5. The van der Waals surface area contributed by atoms with Crippen LogP contribution in [0.5, 0.6) is 0 Å². The Kier molecular flexibility index (Phi) is 6.62. The molecule has 2 aliphatic heterocycles. The average Bonchev–Trinajstić information content (AvgIpc) is 2.67. The number of amides is 1. The lowest BCUT2D eigenvalue weighted by atomic mass is 10.0. The Morgan fingerprint density at radius 2 is 2.05 bits per heavy atom. The fraction of sp³-hybridized carbons (Fsp3) is 0.938. The van der Waals surface area contributed by atoms with E-state index >= 15 is 0 Å². The molecule has 0 aromatic rings. The quantitative estimate of drug-likeness (QED) is 0.766. The smallest absolute Gasteiger partial charge is 0.219 e. The van der Waals surface area contributed by atoms with Crippen LogP contribution >= 0.6 is 0 Å². The number of carbonyl (C=O) groups excluding carboxylic acids is 1. The number of rotatable bonds is 5. The Balaban J connectivity index is 1.85. The summed E-state index contributed by atoms with van der Waals surface area (Å²) >= 11 is 0. The fourth-order valence-corrected chi connectivity index (χ4v) is 3.80. The summed E-state index contributed by atoms with van der Waals surface area (Å²) in [4.78, 5) is 18.4. The van der Waals surface area contributed by atoms with Crippen molar-refractivity contribution in [3.8, 4) is 0 Å². The van der Waals surface area contributed by atoms with Crippen LogP contribution in [0, 0.1) is 5.92 Å². The third-order valence-electron chi connectivity index (χ3n) is 4.92. The summed E-state index contributed by atoms with van der Waals surface area (Å²) < 4.78 is 5.01. The molecule has 3 unspecified atom stereocenters. The number of ether oxygens (including phenoxy) is 1. The number of likely N-dealkylation sites (tertiary alicyclic amines) is 1. The number of aliphatic hydroxyl groups excluding tert-OH is 1. The van der Waals surface area contributed by atoms with Gasteiger partial charge in [0.25, 0.3) is 0 Å². The molecule has 2 saturated heterocycles. The van der Waals surface area contributed by atoms with Crippen LogP contribution in [-0.4, -0.2) is 97.4 Å². The largest absolute Gasteiger partial charge is 0.389 e. The molecule has 0 aromatic heterocycles. The second kappa shape index (κ2) is 8.24. The number of carbonyl (C=O) groups is 1. The molecule has 1 N–H and O–H groups in total. The first-order chi connectivity index (χ1) is 10.5. The Morgan fingerprint density at radius 1 is 1.27 bits per heavy atom. The van der Waals surface area contributed by atoms with Crippen LogP contribution in [0.25, 0.3) is 0 Å². The van der Waals surface area contributed by atoms with Gasteiger partial charge in [-0.2, -0.15) is 0 Å². The summed E-state index contributed by atoms with van der Waals surface area (Å²) in [7, 11) is 1.62. The first-order valence-corrected chi connectivity index (χ1v) is 8.40. The van der Waals surface area contributed by atoms with Crippen LogP contribution < -0.4 is 0 Å². The van der Waals surface area contributed by atoms with E-state index in [1.165, 1.54) is 0 Å². The zero-order valence-electron chi connectivity index (χ0n) is 14.2. The Morgan fingerprint density at radius 3 is 2.73 bits per heavy atom. The van der Waals surface area contributed by atoms with E-state index in [0.717, 1.165) is 45.7 Å². The molecule has 2 fully saturated rings. The zero-order valence-corrected chi connectivity index (χ0v) is 14.2. The van der Waals surface area contributed by atoms with Gasteiger partial charge in [-0.25, -0.2) is 0 Å². The van der Waals surface area contributed by atoms with Gasteiger partial charge in [-0.15, -0.1) is 0 Å². The lowest BCUT2D eigenvalue weighted by molar-refractivity contribution is -0.128. The van der Waals surface area contributed by atoms with Gasteiger partial charge in [0.1, 0.15) is 0 Å². The van der Waals surface area contributed by atoms with Crippen molar-refractivity contribution in [1.29, 1.82) is 0 Å². The lowest BCUT2D eigenvalue weighted by Crippen LogP contribution is -2.43. The van der Waals surface area contributed by atoms with E-state index < -0.39 is 6.10 Å². The zero-order chi connectivity index (χ0) is 16.1. The third-order valence-corrected chi connectivity index (χ3v) is 4.92. The van der Waals surface area contributed by atoms with Crippen molar-refractivity contribution < 1.29 is 14.6 Å². The van der Waals surface area contributed by atoms with Gasteiger partial charge in [-0.1, -0.05) is 6.92 Å². The van der Waals surface area contributed by atoms with E-state index in [1.54, 1.807) is 14.0 Å². The number of hydrogen-bond donors (Lipinski definition) is 1. The molecule has 0 aromatic carbocycles. The molecule has 2 heterocycles. The van der Waals surface area contributed by atoms with Crippen molar-refractivity contribution in [2.24, 2.45) is 5.92 Å². The van der Waals surface area contributed by atoms with Crippen molar-refractivity contribution in [2.75, 3.05) is 59.5 Å². The topological polar surface area (TPSA) is 56.3 Å². The average molecular weight is 313 g/mol. The minimum Gasteiger partial charge on any atom is -0.389 e.